The first-order chi connectivity index (χ1) is 5.54. The molecule has 0 saturated carbocycles. The number of Topliss-reactive ketones (excluding diaryl/α,β-unsaturated/α-hetero) is 1. The van der Waals surface area contributed by atoms with E-state index in [2.05, 4.69) is 4.98 Å². The van der Waals surface area contributed by atoms with Crippen molar-refractivity contribution in [2.24, 2.45) is 0 Å². The van der Waals surface area contributed by atoms with Crippen LogP contribution in [0.1, 0.15) is 17.3 Å². The molecule has 0 fully saturated rings. The lowest BCUT2D eigenvalue weighted by atomic mass is 10.2. The Morgan fingerprint density at radius 3 is 2.58 bits per heavy atom. The van der Waals surface area contributed by atoms with Gasteiger partial charge in [0.2, 0.25) is 0 Å². The zero-order chi connectivity index (χ0) is 9.30. The monoisotopic (exact) mass is 207 g/mol. The molecule has 64 valence electrons. The van der Waals surface area contributed by atoms with Crippen molar-refractivity contribution in [2.45, 2.75) is 6.92 Å². The Balaban J connectivity index is 3.43. The Bertz CT molecular complexity index is 340. The number of hydrogen-bond acceptors (Lipinski definition) is 2. The number of rotatable bonds is 1. The van der Waals surface area contributed by atoms with Crippen molar-refractivity contribution in [1.82, 2.24) is 4.98 Å². The molecule has 5 heteroatoms. The van der Waals surface area contributed by atoms with Crippen molar-refractivity contribution in [3.8, 4) is 0 Å². The predicted octanol–water partition coefficient (Wildman–Crippen LogP) is 2.73. The Hall–Kier alpha value is -0.670. The van der Waals surface area contributed by atoms with E-state index >= 15 is 0 Å². The van der Waals surface area contributed by atoms with Gasteiger partial charge in [-0.1, -0.05) is 23.2 Å². The molecule has 0 unspecified atom stereocenters. The van der Waals surface area contributed by atoms with Crippen molar-refractivity contribution in [1.29, 1.82) is 0 Å². The highest BCUT2D eigenvalue weighted by Gasteiger charge is 2.15. The van der Waals surface area contributed by atoms with Crippen LogP contribution in [-0.4, -0.2) is 10.8 Å². The molecule has 0 aliphatic carbocycles. The van der Waals surface area contributed by atoms with Gasteiger partial charge in [0, 0.05) is 6.20 Å². The number of aromatic nitrogens is 1. The first-order valence-electron chi connectivity index (χ1n) is 3.04. The average molecular weight is 208 g/mol. The van der Waals surface area contributed by atoms with Crippen molar-refractivity contribution < 1.29 is 9.18 Å². The quantitative estimate of drug-likeness (QED) is 0.524. The zero-order valence-corrected chi connectivity index (χ0v) is 7.58. The molecule has 0 N–H and O–H groups in total. The molecule has 1 heterocycles. The van der Waals surface area contributed by atoms with Crippen LogP contribution in [0.3, 0.4) is 0 Å². The molecule has 0 atom stereocenters. The highest BCUT2D eigenvalue weighted by molar-refractivity contribution is 6.35. The van der Waals surface area contributed by atoms with E-state index in [1.54, 1.807) is 0 Å². The third-order valence-corrected chi connectivity index (χ3v) is 1.83. The summed E-state index contributed by atoms with van der Waals surface area (Å²) < 4.78 is 13.0. The topological polar surface area (TPSA) is 30.0 Å². The summed E-state index contributed by atoms with van der Waals surface area (Å²) in [7, 11) is 0. The SMILES string of the molecule is CC(=O)c1c(Cl)cnc(Cl)c1F. The van der Waals surface area contributed by atoms with Crippen molar-refractivity contribution in [2.75, 3.05) is 0 Å². The molecule has 0 amide bonds. The smallest absolute Gasteiger partial charge is 0.172 e. The van der Waals surface area contributed by atoms with Crippen LogP contribution in [0, 0.1) is 5.82 Å². The van der Waals surface area contributed by atoms with Gasteiger partial charge in [0.05, 0.1) is 10.6 Å². The summed E-state index contributed by atoms with van der Waals surface area (Å²) in [5.41, 5.74) is -0.211. The number of hydrogen-bond donors (Lipinski definition) is 0. The molecule has 0 aliphatic heterocycles. The molecular weight excluding hydrogens is 204 g/mol. The first kappa shape index (κ1) is 9.42. The van der Waals surface area contributed by atoms with E-state index in [1.165, 1.54) is 6.92 Å². The molecule has 0 aromatic carbocycles. The second kappa shape index (κ2) is 3.37. The molecule has 0 spiro atoms. The predicted molar refractivity (Wildman–Crippen MR) is 44.2 cm³/mol. The van der Waals surface area contributed by atoms with Crippen molar-refractivity contribution >= 4 is 29.0 Å². The molecule has 0 saturated heterocycles. The summed E-state index contributed by atoms with van der Waals surface area (Å²) >= 11 is 10.8. The second-order valence-electron chi connectivity index (χ2n) is 2.14. The number of ketones is 1. The molecule has 0 radical (unpaired) electrons. The summed E-state index contributed by atoms with van der Waals surface area (Å²) in [6.45, 7) is 1.21. The van der Waals surface area contributed by atoms with Crippen LogP contribution in [0.2, 0.25) is 10.2 Å². The van der Waals surface area contributed by atoms with E-state index < -0.39 is 11.6 Å². The maximum absolute atomic E-state index is 13.0. The van der Waals surface area contributed by atoms with E-state index in [1.807, 2.05) is 0 Å². The minimum atomic E-state index is -0.864. The number of halogens is 3. The largest absolute Gasteiger partial charge is 0.294 e. The normalized spacial score (nSPS) is 10.0. The lowest BCUT2D eigenvalue weighted by molar-refractivity contribution is 0.101. The van der Waals surface area contributed by atoms with Gasteiger partial charge >= 0.3 is 0 Å². The number of pyridine rings is 1. The van der Waals surface area contributed by atoms with Gasteiger partial charge in [-0.05, 0) is 6.92 Å². The van der Waals surface area contributed by atoms with Crippen LogP contribution < -0.4 is 0 Å². The Labute approximate surface area is 78.3 Å². The van der Waals surface area contributed by atoms with Crippen LogP contribution in [0.25, 0.3) is 0 Å². The van der Waals surface area contributed by atoms with Gasteiger partial charge < -0.3 is 0 Å². The fourth-order valence-electron chi connectivity index (χ4n) is 0.765. The van der Waals surface area contributed by atoms with E-state index in [-0.39, 0.29) is 15.7 Å². The fraction of sp³-hybridized carbons (Fsp3) is 0.143. The number of carbonyl (C=O) groups excluding carboxylic acids is 1. The van der Waals surface area contributed by atoms with Crippen LogP contribution >= 0.6 is 23.2 Å². The highest BCUT2D eigenvalue weighted by atomic mass is 35.5. The Morgan fingerprint density at radius 2 is 2.17 bits per heavy atom. The van der Waals surface area contributed by atoms with Crippen LogP contribution in [-0.2, 0) is 0 Å². The van der Waals surface area contributed by atoms with Crippen LogP contribution in [0.15, 0.2) is 6.20 Å². The van der Waals surface area contributed by atoms with Gasteiger partial charge in [-0.3, -0.25) is 4.79 Å². The molecule has 2 nitrogen and oxygen atoms in total. The minimum Gasteiger partial charge on any atom is -0.294 e. The van der Waals surface area contributed by atoms with Gasteiger partial charge in [-0.15, -0.1) is 0 Å². The van der Waals surface area contributed by atoms with E-state index in [0.717, 1.165) is 6.20 Å². The molecule has 12 heavy (non-hydrogen) atoms. The molecule has 0 aliphatic rings. The summed E-state index contributed by atoms with van der Waals surface area (Å²) in [5, 5.41) is -0.367. The number of carbonyl (C=O) groups is 1. The lowest BCUT2D eigenvalue weighted by Gasteiger charge is -2.01. The van der Waals surface area contributed by atoms with Crippen molar-refractivity contribution in [3.63, 3.8) is 0 Å². The molecule has 1 aromatic heterocycles. The van der Waals surface area contributed by atoms with E-state index in [9.17, 15) is 9.18 Å². The summed E-state index contributed by atoms with van der Waals surface area (Å²) in [4.78, 5) is 14.3. The fourth-order valence-corrected chi connectivity index (χ4v) is 1.17. The zero-order valence-electron chi connectivity index (χ0n) is 6.07. The third kappa shape index (κ3) is 1.57. The van der Waals surface area contributed by atoms with Crippen LogP contribution in [0.4, 0.5) is 4.39 Å². The molecule has 0 bridgehead atoms. The third-order valence-electron chi connectivity index (χ3n) is 1.28. The standard InChI is InChI=1S/C7H4Cl2FNO/c1-3(12)5-4(8)2-11-7(9)6(5)10/h2H,1H3. The van der Waals surface area contributed by atoms with Gasteiger partial charge in [0.15, 0.2) is 16.8 Å². The molecule has 1 rings (SSSR count). The molecule has 1 aromatic rings. The Kier molecular flexibility index (Phi) is 2.65. The average Bonchev–Trinajstić information content (AvgIpc) is 1.97. The maximum atomic E-state index is 13.0. The van der Waals surface area contributed by atoms with Gasteiger partial charge in [0.25, 0.3) is 0 Å². The number of nitrogens with zero attached hydrogens (tertiary/aromatic N) is 1. The van der Waals surface area contributed by atoms with Crippen molar-refractivity contribution in [3.05, 3.63) is 27.8 Å². The Morgan fingerprint density at radius 1 is 1.58 bits per heavy atom. The van der Waals surface area contributed by atoms with Gasteiger partial charge in [-0.25, -0.2) is 9.37 Å². The summed E-state index contributed by atoms with van der Waals surface area (Å²) in [6.07, 6.45) is 1.14. The summed E-state index contributed by atoms with van der Waals surface area (Å²) in [6, 6.07) is 0. The van der Waals surface area contributed by atoms with Gasteiger partial charge in [0.1, 0.15) is 0 Å². The van der Waals surface area contributed by atoms with Crippen LogP contribution in [0.5, 0.6) is 0 Å². The van der Waals surface area contributed by atoms with Gasteiger partial charge in [-0.2, -0.15) is 0 Å². The second-order valence-corrected chi connectivity index (χ2v) is 2.91. The van der Waals surface area contributed by atoms with E-state index in [0.29, 0.717) is 0 Å². The highest BCUT2D eigenvalue weighted by Crippen LogP contribution is 2.23. The summed E-state index contributed by atoms with van der Waals surface area (Å²) in [5.74, 6) is -1.33. The van der Waals surface area contributed by atoms with E-state index in [4.69, 9.17) is 23.2 Å². The molecular formula is C7H4Cl2FNO. The maximum Gasteiger partial charge on any atom is 0.172 e. The first-order valence-corrected chi connectivity index (χ1v) is 3.80. The minimum absolute atomic E-state index is 0.0237. The lowest BCUT2D eigenvalue weighted by Crippen LogP contribution is -2.00.